The van der Waals surface area contributed by atoms with Gasteiger partial charge in [-0.2, -0.15) is 5.10 Å². The second-order valence-corrected chi connectivity index (χ2v) is 5.70. The molecule has 3 rings (SSSR count). The predicted molar refractivity (Wildman–Crippen MR) is 92.5 cm³/mol. The highest BCUT2D eigenvalue weighted by Gasteiger charge is 2.19. The van der Waals surface area contributed by atoms with E-state index in [-0.39, 0.29) is 5.78 Å². The molecule has 0 bridgehead atoms. The smallest absolute Gasteiger partial charge is 0.191 e. The summed E-state index contributed by atoms with van der Waals surface area (Å²) in [7, 11) is 3.78. The first kappa shape index (κ1) is 15.0. The molecule has 2 aromatic heterocycles. The van der Waals surface area contributed by atoms with Gasteiger partial charge in [-0.15, -0.1) is 0 Å². The standard InChI is InChI=1S/C19H19N3O/c1-14-8-7-11-16-18(17(23)12-13-21(2)3)19(20-22(14)16)15-9-5-4-6-10-15/h4-13H,1-3H3/b13-12+. The highest BCUT2D eigenvalue weighted by atomic mass is 16.1. The Morgan fingerprint density at radius 3 is 2.52 bits per heavy atom. The summed E-state index contributed by atoms with van der Waals surface area (Å²) in [5.41, 5.74) is 4.12. The Kier molecular flexibility index (Phi) is 3.98. The van der Waals surface area contributed by atoms with Gasteiger partial charge >= 0.3 is 0 Å². The summed E-state index contributed by atoms with van der Waals surface area (Å²) in [6.45, 7) is 1.98. The topological polar surface area (TPSA) is 37.6 Å². The molecule has 2 heterocycles. The molecule has 4 heteroatoms. The number of hydrogen-bond acceptors (Lipinski definition) is 3. The molecule has 116 valence electrons. The summed E-state index contributed by atoms with van der Waals surface area (Å²) in [6, 6.07) is 15.7. The van der Waals surface area contributed by atoms with E-state index in [9.17, 15) is 4.79 Å². The largest absolute Gasteiger partial charge is 0.383 e. The Labute approximate surface area is 135 Å². The van der Waals surface area contributed by atoms with Crippen molar-refractivity contribution in [3.8, 4) is 11.3 Å². The first-order chi connectivity index (χ1) is 11.1. The Hall–Kier alpha value is -2.88. The van der Waals surface area contributed by atoms with E-state index < -0.39 is 0 Å². The molecule has 0 saturated heterocycles. The number of benzene rings is 1. The van der Waals surface area contributed by atoms with Gasteiger partial charge in [-0.25, -0.2) is 4.52 Å². The number of fused-ring (bicyclic) bond motifs is 1. The number of rotatable bonds is 4. The van der Waals surface area contributed by atoms with Crippen LogP contribution in [-0.2, 0) is 0 Å². The molecular formula is C19H19N3O. The van der Waals surface area contributed by atoms with Crippen molar-refractivity contribution in [3.63, 3.8) is 0 Å². The maximum atomic E-state index is 12.8. The lowest BCUT2D eigenvalue weighted by atomic mass is 10.0. The second kappa shape index (κ2) is 6.08. The molecule has 4 nitrogen and oxygen atoms in total. The molecule has 0 fully saturated rings. The van der Waals surface area contributed by atoms with Gasteiger partial charge in [0.2, 0.25) is 0 Å². The summed E-state index contributed by atoms with van der Waals surface area (Å²) in [6.07, 6.45) is 3.35. The molecule has 0 saturated carbocycles. The molecule has 1 aromatic carbocycles. The summed E-state index contributed by atoms with van der Waals surface area (Å²) in [5.74, 6) is -0.0434. The van der Waals surface area contributed by atoms with Crippen LogP contribution in [0.2, 0.25) is 0 Å². The number of carbonyl (C=O) groups excluding carboxylic acids is 1. The molecule has 23 heavy (non-hydrogen) atoms. The van der Waals surface area contributed by atoms with Crippen LogP contribution in [0.1, 0.15) is 16.1 Å². The van der Waals surface area contributed by atoms with Crippen LogP contribution in [0.3, 0.4) is 0 Å². The molecular weight excluding hydrogens is 286 g/mol. The van der Waals surface area contributed by atoms with Crippen LogP contribution < -0.4 is 0 Å². The van der Waals surface area contributed by atoms with Crippen LogP contribution >= 0.6 is 0 Å². The molecule has 0 unspecified atom stereocenters. The Bertz CT molecular complexity index is 876. The van der Waals surface area contributed by atoms with Gasteiger partial charge in [-0.3, -0.25) is 4.79 Å². The summed E-state index contributed by atoms with van der Waals surface area (Å²) < 4.78 is 1.83. The third-order valence-corrected chi connectivity index (χ3v) is 3.66. The van der Waals surface area contributed by atoms with Crippen LogP contribution in [0.4, 0.5) is 0 Å². The van der Waals surface area contributed by atoms with Crippen molar-refractivity contribution < 1.29 is 4.79 Å². The van der Waals surface area contributed by atoms with Crippen LogP contribution in [0.25, 0.3) is 16.8 Å². The molecule has 0 aliphatic rings. The van der Waals surface area contributed by atoms with E-state index >= 15 is 0 Å². The Morgan fingerprint density at radius 1 is 1.09 bits per heavy atom. The number of allylic oxidation sites excluding steroid dienone is 1. The first-order valence-electron chi connectivity index (χ1n) is 7.50. The van der Waals surface area contributed by atoms with Crippen LogP contribution in [0.5, 0.6) is 0 Å². The van der Waals surface area contributed by atoms with Crippen LogP contribution in [0, 0.1) is 6.92 Å². The van der Waals surface area contributed by atoms with Gasteiger partial charge in [0, 0.05) is 37.6 Å². The lowest BCUT2D eigenvalue weighted by Gasteiger charge is -2.04. The predicted octanol–water partition coefficient (Wildman–Crippen LogP) is 3.57. The molecule has 0 aliphatic carbocycles. The molecule has 0 N–H and O–H groups in total. The second-order valence-electron chi connectivity index (χ2n) is 5.70. The third-order valence-electron chi connectivity index (χ3n) is 3.66. The van der Waals surface area contributed by atoms with E-state index in [1.54, 1.807) is 12.3 Å². The number of hydrogen-bond donors (Lipinski definition) is 0. The van der Waals surface area contributed by atoms with Gasteiger partial charge in [0.25, 0.3) is 0 Å². The van der Waals surface area contributed by atoms with Crippen molar-refractivity contribution in [3.05, 3.63) is 72.1 Å². The summed E-state index contributed by atoms with van der Waals surface area (Å²) in [5, 5.41) is 4.68. The average Bonchev–Trinajstić information content (AvgIpc) is 2.94. The number of aromatic nitrogens is 2. The van der Waals surface area contributed by atoms with Crippen LogP contribution in [0.15, 0.2) is 60.8 Å². The van der Waals surface area contributed by atoms with Gasteiger partial charge in [0.1, 0.15) is 5.69 Å². The zero-order chi connectivity index (χ0) is 16.4. The van der Waals surface area contributed by atoms with Gasteiger partial charge in [-0.1, -0.05) is 36.4 Å². The van der Waals surface area contributed by atoms with E-state index in [1.807, 2.05) is 79.0 Å². The van der Waals surface area contributed by atoms with Crippen molar-refractivity contribution in [2.24, 2.45) is 0 Å². The van der Waals surface area contributed by atoms with E-state index in [4.69, 9.17) is 0 Å². The van der Waals surface area contributed by atoms with Crippen molar-refractivity contribution in [1.82, 2.24) is 14.5 Å². The highest BCUT2D eigenvalue weighted by molar-refractivity contribution is 6.13. The number of pyridine rings is 1. The summed E-state index contributed by atoms with van der Waals surface area (Å²) in [4.78, 5) is 14.6. The minimum atomic E-state index is -0.0434. The fourth-order valence-corrected chi connectivity index (χ4v) is 2.54. The minimum Gasteiger partial charge on any atom is -0.383 e. The van der Waals surface area contributed by atoms with Crippen LogP contribution in [-0.4, -0.2) is 34.4 Å². The van der Waals surface area contributed by atoms with Crippen molar-refractivity contribution in [2.75, 3.05) is 14.1 Å². The molecule has 0 amide bonds. The maximum Gasteiger partial charge on any atom is 0.191 e. The molecule has 3 aromatic rings. The quantitative estimate of drug-likeness (QED) is 0.546. The number of nitrogens with zero attached hydrogens (tertiary/aromatic N) is 3. The fraction of sp³-hybridized carbons (Fsp3) is 0.158. The Morgan fingerprint density at radius 2 is 1.83 bits per heavy atom. The lowest BCUT2D eigenvalue weighted by molar-refractivity contribution is 0.104. The number of carbonyl (C=O) groups is 1. The monoisotopic (exact) mass is 305 g/mol. The number of ketones is 1. The molecule has 0 spiro atoms. The Balaban J connectivity index is 2.25. The highest BCUT2D eigenvalue weighted by Crippen LogP contribution is 2.27. The average molecular weight is 305 g/mol. The van der Waals surface area contributed by atoms with Crippen molar-refractivity contribution >= 4 is 11.3 Å². The van der Waals surface area contributed by atoms with Crippen molar-refractivity contribution in [1.29, 1.82) is 0 Å². The third kappa shape index (κ3) is 2.88. The van der Waals surface area contributed by atoms with E-state index in [0.717, 1.165) is 16.8 Å². The van der Waals surface area contributed by atoms with Gasteiger partial charge in [-0.05, 0) is 19.1 Å². The zero-order valence-corrected chi connectivity index (χ0v) is 13.5. The fourth-order valence-electron chi connectivity index (χ4n) is 2.54. The molecule has 0 atom stereocenters. The normalized spacial score (nSPS) is 11.3. The number of aryl methyl sites for hydroxylation is 1. The van der Waals surface area contributed by atoms with E-state index in [1.165, 1.54) is 0 Å². The van der Waals surface area contributed by atoms with E-state index in [0.29, 0.717) is 11.3 Å². The maximum absolute atomic E-state index is 12.8. The van der Waals surface area contributed by atoms with Gasteiger partial charge < -0.3 is 4.90 Å². The van der Waals surface area contributed by atoms with Gasteiger partial charge in [0.05, 0.1) is 11.1 Å². The summed E-state index contributed by atoms with van der Waals surface area (Å²) >= 11 is 0. The molecule has 0 radical (unpaired) electrons. The SMILES string of the molecule is Cc1cccc2c(C(=O)/C=C/N(C)C)c(-c3ccccc3)nn12. The van der Waals surface area contributed by atoms with Gasteiger partial charge in [0.15, 0.2) is 5.78 Å². The first-order valence-corrected chi connectivity index (χ1v) is 7.50. The van der Waals surface area contributed by atoms with Crippen molar-refractivity contribution in [2.45, 2.75) is 6.92 Å². The zero-order valence-electron chi connectivity index (χ0n) is 13.5. The minimum absolute atomic E-state index is 0.0434. The molecule has 0 aliphatic heterocycles. The van der Waals surface area contributed by atoms with E-state index in [2.05, 4.69) is 5.10 Å². The lowest BCUT2D eigenvalue weighted by Crippen LogP contribution is -2.03.